The largest absolute Gasteiger partial charge is 0.475 e. The number of nitrogens with zero attached hydrogens (tertiary/aromatic N) is 2. The molecule has 1 fully saturated rings. The second kappa shape index (κ2) is 8.04. The van der Waals surface area contributed by atoms with Crippen LogP contribution in [-0.2, 0) is 16.1 Å². The van der Waals surface area contributed by atoms with Crippen molar-refractivity contribution in [3.8, 4) is 0 Å². The second-order valence-corrected chi connectivity index (χ2v) is 7.21. The Morgan fingerprint density at radius 3 is 2.71 bits per heavy atom. The van der Waals surface area contributed by atoms with Crippen LogP contribution in [0.4, 0.5) is 0 Å². The topological polar surface area (TPSA) is 105 Å². The molecule has 1 aliphatic rings. The van der Waals surface area contributed by atoms with E-state index in [2.05, 4.69) is 11.9 Å². The smallest absolute Gasteiger partial charge is 0.371 e. The number of para-hydroxylation sites is 1. The summed E-state index contributed by atoms with van der Waals surface area (Å²) in [4.78, 5) is 37.6. The zero-order valence-electron chi connectivity index (χ0n) is 16.2. The fraction of sp³-hybridized carbons (Fsp3) is 0.0909. The van der Waals surface area contributed by atoms with E-state index in [0.29, 0.717) is 11.3 Å². The van der Waals surface area contributed by atoms with Gasteiger partial charge in [0.15, 0.2) is 5.11 Å². The van der Waals surface area contributed by atoms with Crippen molar-refractivity contribution in [2.75, 3.05) is 6.54 Å². The van der Waals surface area contributed by atoms with Crippen LogP contribution in [0.3, 0.4) is 0 Å². The molecular weight excluding hydrogens is 418 g/mol. The van der Waals surface area contributed by atoms with Crippen LogP contribution < -0.4 is 5.32 Å². The van der Waals surface area contributed by atoms with E-state index in [-0.39, 0.29) is 29.5 Å². The molecule has 1 aliphatic heterocycles. The number of carbonyl (C=O) groups excluding carboxylic acids is 2. The summed E-state index contributed by atoms with van der Waals surface area (Å²) in [5.74, 6) is -1.88. The van der Waals surface area contributed by atoms with Crippen LogP contribution in [0.5, 0.6) is 0 Å². The number of rotatable bonds is 6. The van der Waals surface area contributed by atoms with Gasteiger partial charge in [0.2, 0.25) is 5.76 Å². The second-order valence-electron chi connectivity index (χ2n) is 6.82. The Balaban J connectivity index is 1.75. The predicted octanol–water partition coefficient (Wildman–Crippen LogP) is 2.79. The number of carboxylic acid groups (broad SMARTS) is 1. The average molecular weight is 435 g/mol. The number of carboxylic acids is 1. The fourth-order valence-corrected chi connectivity index (χ4v) is 3.66. The summed E-state index contributed by atoms with van der Waals surface area (Å²) in [6, 6.07) is 10.5. The van der Waals surface area contributed by atoms with E-state index in [1.807, 2.05) is 28.8 Å². The zero-order chi connectivity index (χ0) is 22.1. The summed E-state index contributed by atoms with van der Waals surface area (Å²) in [7, 11) is 0. The number of benzene rings is 1. The molecule has 9 heteroatoms. The van der Waals surface area contributed by atoms with Gasteiger partial charge >= 0.3 is 5.97 Å². The van der Waals surface area contributed by atoms with Crippen molar-refractivity contribution >= 4 is 52.1 Å². The molecule has 0 aliphatic carbocycles. The van der Waals surface area contributed by atoms with E-state index < -0.39 is 17.8 Å². The van der Waals surface area contributed by atoms with Crippen molar-refractivity contribution in [3.63, 3.8) is 0 Å². The minimum Gasteiger partial charge on any atom is -0.475 e. The first-order valence-corrected chi connectivity index (χ1v) is 9.69. The lowest BCUT2D eigenvalue weighted by atomic mass is 10.1. The molecule has 0 radical (unpaired) electrons. The predicted molar refractivity (Wildman–Crippen MR) is 117 cm³/mol. The molecule has 3 aromatic rings. The first kappa shape index (κ1) is 20.3. The normalized spacial score (nSPS) is 15.5. The molecule has 4 rings (SSSR count). The van der Waals surface area contributed by atoms with Gasteiger partial charge in [-0.1, -0.05) is 24.3 Å². The molecule has 0 unspecified atom stereocenters. The third-order valence-corrected chi connectivity index (χ3v) is 5.14. The maximum atomic E-state index is 12.8. The van der Waals surface area contributed by atoms with Crippen LogP contribution in [0.25, 0.3) is 17.0 Å². The van der Waals surface area contributed by atoms with Crippen molar-refractivity contribution in [2.45, 2.75) is 6.54 Å². The van der Waals surface area contributed by atoms with E-state index in [4.69, 9.17) is 21.7 Å². The van der Waals surface area contributed by atoms with E-state index >= 15 is 0 Å². The molecule has 2 N–H and O–H groups in total. The van der Waals surface area contributed by atoms with E-state index in [0.717, 1.165) is 10.9 Å². The van der Waals surface area contributed by atoms with Gasteiger partial charge in [0.1, 0.15) is 11.3 Å². The Labute approximate surface area is 182 Å². The lowest BCUT2D eigenvalue weighted by Crippen LogP contribution is -2.53. The van der Waals surface area contributed by atoms with E-state index in [1.54, 1.807) is 12.3 Å². The molecule has 31 heavy (non-hydrogen) atoms. The van der Waals surface area contributed by atoms with Crippen LogP contribution >= 0.6 is 12.2 Å². The summed E-state index contributed by atoms with van der Waals surface area (Å²) < 4.78 is 7.22. The van der Waals surface area contributed by atoms with Crippen LogP contribution in [0.1, 0.15) is 21.9 Å². The van der Waals surface area contributed by atoms with Gasteiger partial charge < -0.3 is 14.1 Å². The zero-order valence-corrected chi connectivity index (χ0v) is 17.0. The van der Waals surface area contributed by atoms with Gasteiger partial charge in [0.05, 0.1) is 6.54 Å². The molecule has 2 aromatic heterocycles. The van der Waals surface area contributed by atoms with E-state index in [1.165, 1.54) is 23.1 Å². The highest BCUT2D eigenvalue weighted by molar-refractivity contribution is 7.80. The summed E-state index contributed by atoms with van der Waals surface area (Å²) >= 11 is 5.08. The first-order chi connectivity index (χ1) is 14.9. The van der Waals surface area contributed by atoms with Crippen molar-refractivity contribution < 1.29 is 23.9 Å². The number of fused-ring (bicyclic) bond motifs is 1. The Morgan fingerprint density at radius 2 is 2.00 bits per heavy atom. The van der Waals surface area contributed by atoms with Gasteiger partial charge in [-0.2, -0.15) is 0 Å². The van der Waals surface area contributed by atoms with Crippen LogP contribution in [0.2, 0.25) is 0 Å². The highest BCUT2D eigenvalue weighted by Crippen LogP contribution is 2.26. The van der Waals surface area contributed by atoms with Gasteiger partial charge in [0, 0.05) is 29.2 Å². The molecule has 0 spiro atoms. The third-order valence-electron chi connectivity index (χ3n) is 4.82. The van der Waals surface area contributed by atoms with E-state index in [9.17, 15) is 14.4 Å². The van der Waals surface area contributed by atoms with Crippen molar-refractivity contribution in [1.82, 2.24) is 14.8 Å². The Hall–Kier alpha value is -3.98. The highest BCUT2D eigenvalue weighted by atomic mass is 32.1. The number of hydrogen-bond acceptors (Lipinski definition) is 5. The fourth-order valence-electron chi connectivity index (χ4n) is 3.41. The van der Waals surface area contributed by atoms with Crippen molar-refractivity contribution in [2.24, 2.45) is 0 Å². The molecule has 2 amide bonds. The number of thiocarbonyl (C=S) groups is 1. The summed E-state index contributed by atoms with van der Waals surface area (Å²) in [5, 5.41) is 12.4. The number of hydrogen-bond donors (Lipinski definition) is 2. The first-order valence-electron chi connectivity index (χ1n) is 9.28. The maximum Gasteiger partial charge on any atom is 0.371 e. The summed E-state index contributed by atoms with van der Waals surface area (Å²) in [6.45, 7) is 4.08. The van der Waals surface area contributed by atoms with Gasteiger partial charge in [-0.25, -0.2) is 4.79 Å². The van der Waals surface area contributed by atoms with Crippen molar-refractivity contribution in [3.05, 3.63) is 77.9 Å². The summed E-state index contributed by atoms with van der Waals surface area (Å²) in [5.41, 5.74) is 1.46. The van der Waals surface area contributed by atoms with Crippen LogP contribution in [0.15, 0.2) is 65.2 Å². The van der Waals surface area contributed by atoms with Gasteiger partial charge in [-0.3, -0.25) is 19.8 Å². The van der Waals surface area contributed by atoms with Crippen LogP contribution in [0, 0.1) is 0 Å². The van der Waals surface area contributed by atoms with Crippen molar-refractivity contribution in [1.29, 1.82) is 0 Å². The molecule has 0 saturated carbocycles. The van der Waals surface area contributed by atoms with Crippen LogP contribution in [-0.4, -0.2) is 44.0 Å². The molecule has 3 heterocycles. The number of aromatic nitrogens is 1. The van der Waals surface area contributed by atoms with Gasteiger partial charge in [-0.05, 0) is 36.5 Å². The van der Waals surface area contributed by atoms with Gasteiger partial charge in [0.25, 0.3) is 11.8 Å². The average Bonchev–Trinajstić information content (AvgIpc) is 3.34. The molecule has 1 saturated heterocycles. The SMILES string of the molecule is C=CCN1C(=O)/C(=C\c2cn(Cc3ccc(C(=O)O)o3)c3ccccc23)C(=O)NC1=S. The minimum atomic E-state index is -1.14. The standard InChI is InChI=1S/C22H17N3O5S/c1-2-9-25-20(27)16(19(26)23-22(25)31)10-13-11-24(17-6-4-3-5-15(13)17)12-14-7-8-18(30-14)21(28)29/h2-8,10-11H,1,9,12H2,(H,28,29)(H,23,26,31)/b16-10-. The number of aromatic carboxylic acids is 1. The number of nitrogens with one attached hydrogen (secondary N) is 1. The van der Waals surface area contributed by atoms with Gasteiger partial charge in [-0.15, -0.1) is 6.58 Å². The number of carbonyl (C=O) groups is 3. The Bertz CT molecular complexity index is 1280. The molecule has 1 aromatic carbocycles. The molecular formula is C22H17N3O5S. The Morgan fingerprint density at radius 1 is 1.23 bits per heavy atom. The third kappa shape index (κ3) is 3.78. The lowest BCUT2D eigenvalue weighted by molar-refractivity contribution is -0.128. The maximum absolute atomic E-state index is 12.8. The number of furan rings is 1. The quantitative estimate of drug-likeness (QED) is 0.267. The number of amides is 2. The molecule has 0 bridgehead atoms. The minimum absolute atomic E-state index is 0.0375. The molecule has 8 nitrogen and oxygen atoms in total. The molecule has 156 valence electrons. The lowest BCUT2D eigenvalue weighted by Gasteiger charge is -2.27. The monoisotopic (exact) mass is 435 g/mol. The highest BCUT2D eigenvalue weighted by Gasteiger charge is 2.32. The Kier molecular flexibility index (Phi) is 5.26. The summed E-state index contributed by atoms with van der Waals surface area (Å²) in [6.07, 6.45) is 4.84. The molecule has 0 atom stereocenters.